The molecule has 9 heteroatoms. The summed E-state index contributed by atoms with van der Waals surface area (Å²) in [5.74, 6) is 1.09. The van der Waals surface area contributed by atoms with Crippen LogP contribution in [0.25, 0.3) is 0 Å². The average molecular weight is 521 g/mol. The largest absolute Gasteiger partial charge is 0.467 e. The maximum atomic E-state index is 13.9. The van der Waals surface area contributed by atoms with Gasteiger partial charge < -0.3 is 24.4 Å². The molecule has 0 aliphatic carbocycles. The molecule has 1 N–H and O–H groups in total. The normalized spacial score (nSPS) is 17.1. The van der Waals surface area contributed by atoms with Gasteiger partial charge >= 0.3 is 5.97 Å². The smallest absolute Gasteiger partial charge is 0.309 e. The Kier molecular flexibility index (Phi) is 9.41. The summed E-state index contributed by atoms with van der Waals surface area (Å²) in [6.07, 6.45) is 2.12. The zero-order chi connectivity index (χ0) is 19.9. The van der Waals surface area contributed by atoms with Crippen molar-refractivity contribution in [2.24, 2.45) is 10.9 Å². The number of likely N-dealkylation sites (tertiary alicyclic amines) is 1. The van der Waals surface area contributed by atoms with Gasteiger partial charge in [0.2, 0.25) is 0 Å². The minimum Gasteiger partial charge on any atom is -0.467 e. The first-order valence-corrected chi connectivity index (χ1v) is 9.76. The van der Waals surface area contributed by atoms with Gasteiger partial charge in [0.05, 0.1) is 19.1 Å². The minimum atomic E-state index is -0.284. The van der Waals surface area contributed by atoms with E-state index in [-0.39, 0.29) is 48.5 Å². The lowest BCUT2D eigenvalue weighted by Gasteiger charge is -2.33. The number of halogens is 2. The summed E-state index contributed by atoms with van der Waals surface area (Å²) < 4.78 is 29.8. The second-order valence-electron chi connectivity index (χ2n) is 6.90. The summed E-state index contributed by atoms with van der Waals surface area (Å²) in [7, 11) is 1.74. The number of hydrogen-bond acceptors (Lipinski definition) is 5. The zero-order valence-corrected chi connectivity index (χ0v) is 19.2. The van der Waals surface area contributed by atoms with Crippen LogP contribution in [0.15, 0.2) is 17.1 Å². The first-order valence-electron chi connectivity index (χ1n) is 9.76. The molecule has 1 saturated heterocycles. The van der Waals surface area contributed by atoms with E-state index < -0.39 is 0 Å². The Morgan fingerprint density at radius 2 is 2.14 bits per heavy atom. The van der Waals surface area contributed by atoms with Crippen LogP contribution in [0.5, 0.6) is 5.75 Å². The Hall–Kier alpha value is -1.62. The van der Waals surface area contributed by atoms with Crippen LogP contribution in [0, 0.1) is 11.7 Å². The molecule has 0 aromatic heterocycles. The third-order valence-electron chi connectivity index (χ3n) is 5.06. The molecule has 0 bridgehead atoms. The second kappa shape index (κ2) is 11.5. The SMILES string of the molecule is CCOC(=O)C1CCN(C(=NC)NCCc2cc(F)cc3c2OCOC3)CC1.I. The fourth-order valence-corrected chi connectivity index (χ4v) is 3.67. The molecule has 0 saturated carbocycles. The number of nitrogens with zero attached hydrogens (tertiary/aromatic N) is 2. The number of benzene rings is 1. The lowest BCUT2D eigenvalue weighted by molar-refractivity contribution is -0.149. The number of piperidine rings is 1. The van der Waals surface area contributed by atoms with Crippen molar-refractivity contribution in [1.29, 1.82) is 0 Å². The van der Waals surface area contributed by atoms with Crippen molar-refractivity contribution in [3.05, 3.63) is 29.1 Å². The number of carbonyl (C=O) groups is 1. The molecular formula is C20H29FIN3O4. The van der Waals surface area contributed by atoms with Gasteiger partial charge in [0.25, 0.3) is 0 Å². The Balaban J connectivity index is 0.00000300. The fourth-order valence-electron chi connectivity index (χ4n) is 3.67. The van der Waals surface area contributed by atoms with Gasteiger partial charge in [-0.2, -0.15) is 0 Å². The number of guanidine groups is 1. The third-order valence-corrected chi connectivity index (χ3v) is 5.06. The van der Waals surface area contributed by atoms with E-state index in [1.807, 2.05) is 6.92 Å². The Bertz CT molecular complexity index is 724. The standard InChI is InChI=1S/C20H28FN3O4.HI/c1-3-27-19(25)14-5-8-24(9-6-14)20(22-2)23-7-4-15-10-17(21)11-16-12-26-13-28-18(15)16;/h10-11,14H,3-9,12-13H2,1-2H3,(H,22,23);1H. The van der Waals surface area contributed by atoms with Crippen LogP contribution >= 0.6 is 24.0 Å². The molecule has 2 heterocycles. The van der Waals surface area contributed by atoms with Crippen molar-refractivity contribution in [2.75, 3.05) is 40.1 Å². The number of ether oxygens (including phenoxy) is 3. The lowest BCUT2D eigenvalue weighted by Crippen LogP contribution is -2.47. The van der Waals surface area contributed by atoms with Crippen LogP contribution in [0.4, 0.5) is 4.39 Å². The number of aliphatic imine (C=N–C) groups is 1. The summed E-state index contributed by atoms with van der Waals surface area (Å²) in [5.41, 5.74) is 1.56. The van der Waals surface area contributed by atoms with E-state index in [4.69, 9.17) is 14.2 Å². The summed E-state index contributed by atoms with van der Waals surface area (Å²) >= 11 is 0. The molecule has 0 atom stereocenters. The van der Waals surface area contributed by atoms with Gasteiger partial charge in [-0.15, -0.1) is 24.0 Å². The van der Waals surface area contributed by atoms with E-state index in [0.717, 1.165) is 48.8 Å². The molecule has 2 aliphatic rings. The highest BCUT2D eigenvalue weighted by molar-refractivity contribution is 14.0. The molecule has 2 aliphatic heterocycles. The molecule has 1 fully saturated rings. The summed E-state index contributed by atoms with van der Waals surface area (Å²) in [6, 6.07) is 2.97. The number of fused-ring (bicyclic) bond motifs is 1. The summed E-state index contributed by atoms with van der Waals surface area (Å²) in [6.45, 7) is 4.90. The van der Waals surface area contributed by atoms with Crippen molar-refractivity contribution >= 4 is 35.9 Å². The second-order valence-corrected chi connectivity index (χ2v) is 6.90. The van der Waals surface area contributed by atoms with Crippen molar-refractivity contribution in [1.82, 2.24) is 10.2 Å². The van der Waals surface area contributed by atoms with Gasteiger partial charge in [0, 0.05) is 32.2 Å². The average Bonchev–Trinajstić information content (AvgIpc) is 2.71. The fraction of sp³-hybridized carbons (Fsp3) is 0.600. The van der Waals surface area contributed by atoms with E-state index in [1.54, 1.807) is 7.05 Å². The Morgan fingerprint density at radius 1 is 1.38 bits per heavy atom. The van der Waals surface area contributed by atoms with Gasteiger partial charge in [0.15, 0.2) is 12.8 Å². The van der Waals surface area contributed by atoms with Crippen LogP contribution in [0.3, 0.4) is 0 Å². The van der Waals surface area contributed by atoms with Crippen LogP contribution in [-0.2, 0) is 27.3 Å². The first-order chi connectivity index (χ1) is 13.6. The molecule has 3 rings (SSSR count). The predicted octanol–water partition coefficient (Wildman–Crippen LogP) is 2.70. The van der Waals surface area contributed by atoms with E-state index in [2.05, 4.69) is 15.2 Å². The van der Waals surface area contributed by atoms with Crippen LogP contribution < -0.4 is 10.1 Å². The maximum Gasteiger partial charge on any atom is 0.309 e. The Morgan fingerprint density at radius 3 is 2.83 bits per heavy atom. The molecule has 1 aromatic carbocycles. The molecule has 0 spiro atoms. The molecule has 7 nitrogen and oxygen atoms in total. The van der Waals surface area contributed by atoms with E-state index in [0.29, 0.717) is 26.2 Å². The van der Waals surface area contributed by atoms with Crippen LogP contribution in [-0.4, -0.2) is 56.9 Å². The monoisotopic (exact) mass is 521 g/mol. The first kappa shape index (κ1) is 23.7. The number of nitrogens with one attached hydrogen (secondary N) is 1. The highest BCUT2D eigenvalue weighted by atomic mass is 127. The number of carbonyl (C=O) groups excluding carboxylic acids is 1. The zero-order valence-electron chi connectivity index (χ0n) is 16.9. The molecule has 29 heavy (non-hydrogen) atoms. The minimum absolute atomic E-state index is 0. The van der Waals surface area contributed by atoms with Crippen molar-refractivity contribution in [2.45, 2.75) is 32.8 Å². The Labute approximate surface area is 188 Å². The molecule has 0 radical (unpaired) electrons. The third kappa shape index (κ3) is 6.18. The van der Waals surface area contributed by atoms with Gasteiger partial charge in [-0.3, -0.25) is 9.79 Å². The maximum absolute atomic E-state index is 13.9. The van der Waals surface area contributed by atoms with Crippen molar-refractivity contribution < 1.29 is 23.4 Å². The highest BCUT2D eigenvalue weighted by Crippen LogP contribution is 2.29. The highest BCUT2D eigenvalue weighted by Gasteiger charge is 2.27. The summed E-state index contributed by atoms with van der Waals surface area (Å²) in [4.78, 5) is 18.4. The lowest BCUT2D eigenvalue weighted by atomic mass is 9.97. The number of esters is 1. The molecule has 0 unspecified atom stereocenters. The van der Waals surface area contributed by atoms with E-state index in [9.17, 15) is 9.18 Å². The molecule has 162 valence electrons. The van der Waals surface area contributed by atoms with Gasteiger partial charge in [-0.25, -0.2) is 4.39 Å². The molecule has 0 amide bonds. The van der Waals surface area contributed by atoms with Gasteiger partial charge in [-0.05, 0) is 43.9 Å². The van der Waals surface area contributed by atoms with Gasteiger partial charge in [0.1, 0.15) is 11.6 Å². The van der Waals surface area contributed by atoms with Crippen molar-refractivity contribution in [3.63, 3.8) is 0 Å². The van der Waals surface area contributed by atoms with E-state index >= 15 is 0 Å². The summed E-state index contributed by atoms with van der Waals surface area (Å²) in [5, 5.41) is 3.33. The number of hydrogen-bond donors (Lipinski definition) is 1. The topological polar surface area (TPSA) is 72.4 Å². The van der Waals surface area contributed by atoms with Gasteiger partial charge in [-0.1, -0.05) is 0 Å². The molecule has 1 aromatic rings. The van der Waals surface area contributed by atoms with E-state index in [1.165, 1.54) is 12.1 Å². The number of rotatable bonds is 5. The molecular weight excluding hydrogens is 492 g/mol. The van der Waals surface area contributed by atoms with Crippen molar-refractivity contribution in [3.8, 4) is 5.75 Å². The quantitative estimate of drug-likeness (QED) is 0.278. The van der Waals surface area contributed by atoms with Crippen LogP contribution in [0.1, 0.15) is 30.9 Å². The predicted molar refractivity (Wildman–Crippen MR) is 118 cm³/mol. The van der Waals surface area contributed by atoms with Crippen LogP contribution in [0.2, 0.25) is 0 Å².